The summed E-state index contributed by atoms with van der Waals surface area (Å²) in [7, 11) is 4.03. The Morgan fingerprint density at radius 1 is 1.13 bits per heavy atom. The second kappa shape index (κ2) is 12.8. The zero-order valence-electron chi connectivity index (χ0n) is 21.6. The number of amides is 1. The third kappa shape index (κ3) is 6.12. The lowest BCUT2D eigenvalue weighted by atomic mass is 9.96. The van der Waals surface area contributed by atoms with E-state index in [4.69, 9.17) is 26.1 Å². The van der Waals surface area contributed by atoms with Gasteiger partial charge in [-0.2, -0.15) is 9.97 Å². The van der Waals surface area contributed by atoms with Crippen molar-refractivity contribution in [2.75, 3.05) is 58.3 Å². The molecular weight excluding hydrogens is 507 g/mol. The highest BCUT2D eigenvalue weighted by atomic mass is 35.5. The molecule has 1 amide bonds. The third-order valence-electron chi connectivity index (χ3n) is 6.30. The second-order valence-electron chi connectivity index (χ2n) is 9.18. The van der Waals surface area contributed by atoms with E-state index in [2.05, 4.69) is 25.8 Å². The maximum atomic E-state index is 16.3. The second-order valence-corrected chi connectivity index (χ2v) is 9.59. The fraction of sp³-hybridized carbons (Fsp3) is 0.321. The Morgan fingerprint density at radius 2 is 1.84 bits per heavy atom. The van der Waals surface area contributed by atoms with Crippen LogP contribution in [0.1, 0.15) is 6.42 Å². The summed E-state index contributed by atoms with van der Waals surface area (Å²) in [4.78, 5) is 22.0. The first-order chi connectivity index (χ1) is 18.4. The maximum Gasteiger partial charge on any atom is 0.319 e. The van der Waals surface area contributed by atoms with Crippen molar-refractivity contribution in [1.82, 2.24) is 20.2 Å². The first-order valence-electron chi connectivity index (χ1n) is 12.5. The van der Waals surface area contributed by atoms with Gasteiger partial charge in [-0.3, -0.25) is 4.79 Å². The van der Waals surface area contributed by atoms with E-state index in [1.807, 2.05) is 56.6 Å². The van der Waals surface area contributed by atoms with Gasteiger partial charge in [-0.15, -0.1) is 0 Å². The van der Waals surface area contributed by atoms with Gasteiger partial charge in [-0.1, -0.05) is 54.1 Å². The number of halogens is 2. The number of carbonyl (C=O) groups is 1. The van der Waals surface area contributed by atoms with Crippen molar-refractivity contribution in [3.63, 3.8) is 0 Å². The lowest BCUT2D eigenvalue weighted by molar-refractivity contribution is -0.106. The Balaban J connectivity index is 0.00000107. The minimum atomic E-state index is -0.458. The van der Waals surface area contributed by atoms with Gasteiger partial charge >= 0.3 is 6.01 Å². The number of fused-ring (bicyclic) bond motifs is 2. The fourth-order valence-electron chi connectivity index (χ4n) is 4.58. The molecule has 5 rings (SSSR count). The van der Waals surface area contributed by atoms with Gasteiger partial charge in [0.2, 0.25) is 6.41 Å². The highest BCUT2D eigenvalue weighted by molar-refractivity contribution is 6.35. The van der Waals surface area contributed by atoms with Gasteiger partial charge in [0.15, 0.2) is 5.82 Å². The highest BCUT2D eigenvalue weighted by Gasteiger charge is 2.24. The largest absolute Gasteiger partial charge is 0.463 e. The van der Waals surface area contributed by atoms with Crippen LogP contribution in [0, 0.1) is 5.82 Å². The van der Waals surface area contributed by atoms with E-state index in [0.717, 1.165) is 55.5 Å². The van der Waals surface area contributed by atoms with E-state index in [0.29, 0.717) is 28.4 Å². The zero-order chi connectivity index (χ0) is 27.1. The molecule has 3 N–H and O–H groups in total. The molecule has 1 aliphatic rings. The molecule has 1 saturated heterocycles. The van der Waals surface area contributed by atoms with E-state index >= 15 is 4.39 Å². The normalized spacial score (nSPS) is 13.4. The number of aromatic nitrogens is 2. The number of nitrogens with one attached hydrogen (secondary N) is 1. The SMILES string of the molecule is CN(C)CCCOc1nc(N2CCNCC2)c2cc(Cl)c(-c3cccc4ccccc34)c(F)c2n1.NC=O. The maximum absolute atomic E-state index is 16.3. The number of nitrogens with zero attached hydrogens (tertiary/aromatic N) is 4. The van der Waals surface area contributed by atoms with Gasteiger partial charge < -0.3 is 25.6 Å². The van der Waals surface area contributed by atoms with E-state index in [-0.39, 0.29) is 17.9 Å². The first kappa shape index (κ1) is 27.5. The van der Waals surface area contributed by atoms with Crippen molar-refractivity contribution < 1.29 is 13.9 Å². The summed E-state index contributed by atoms with van der Waals surface area (Å²) in [6.07, 6.45) is 1.07. The molecule has 1 fully saturated rings. The van der Waals surface area contributed by atoms with Crippen LogP contribution in [0.5, 0.6) is 6.01 Å². The molecular formula is C28H32ClFN6O2. The van der Waals surface area contributed by atoms with Crippen LogP contribution in [0.4, 0.5) is 10.2 Å². The van der Waals surface area contributed by atoms with Crippen molar-refractivity contribution in [3.8, 4) is 17.1 Å². The number of rotatable bonds is 7. The molecule has 8 nitrogen and oxygen atoms in total. The van der Waals surface area contributed by atoms with Gasteiger partial charge in [0.05, 0.1) is 11.6 Å². The summed E-state index contributed by atoms with van der Waals surface area (Å²) in [5, 5.41) is 6.24. The van der Waals surface area contributed by atoms with Crippen molar-refractivity contribution in [1.29, 1.82) is 0 Å². The van der Waals surface area contributed by atoms with Crippen LogP contribution in [0.25, 0.3) is 32.8 Å². The quantitative estimate of drug-likeness (QED) is 0.270. The summed E-state index contributed by atoms with van der Waals surface area (Å²) < 4.78 is 22.2. The number of piperazine rings is 1. The molecule has 38 heavy (non-hydrogen) atoms. The Bertz CT molecular complexity index is 1410. The molecule has 200 valence electrons. The predicted molar refractivity (Wildman–Crippen MR) is 151 cm³/mol. The van der Waals surface area contributed by atoms with Crippen LogP contribution in [0.2, 0.25) is 5.02 Å². The molecule has 10 heteroatoms. The topological polar surface area (TPSA) is 96.6 Å². The predicted octanol–water partition coefficient (Wildman–Crippen LogP) is 4.08. The molecule has 0 aliphatic carbocycles. The Hall–Kier alpha value is -3.53. The zero-order valence-corrected chi connectivity index (χ0v) is 22.3. The molecule has 3 aromatic carbocycles. The lowest BCUT2D eigenvalue weighted by Crippen LogP contribution is -2.44. The number of hydrogen-bond acceptors (Lipinski definition) is 7. The van der Waals surface area contributed by atoms with Crippen molar-refractivity contribution in [2.24, 2.45) is 5.73 Å². The Labute approximate surface area is 226 Å². The van der Waals surface area contributed by atoms with Gasteiger partial charge in [-0.05, 0) is 42.9 Å². The van der Waals surface area contributed by atoms with Gasteiger partial charge in [0.25, 0.3) is 0 Å². The fourth-order valence-corrected chi connectivity index (χ4v) is 4.87. The van der Waals surface area contributed by atoms with Gasteiger partial charge in [-0.25, -0.2) is 4.39 Å². The molecule has 0 spiro atoms. The molecule has 1 aliphatic heterocycles. The summed E-state index contributed by atoms with van der Waals surface area (Å²) in [5.74, 6) is 0.199. The molecule has 4 aromatic rings. The van der Waals surface area contributed by atoms with Crippen molar-refractivity contribution >= 4 is 45.5 Å². The third-order valence-corrected chi connectivity index (χ3v) is 6.60. The Kier molecular flexibility index (Phi) is 9.28. The summed E-state index contributed by atoms with van der Waals surface area (Å²) in [6, 6.07) is 15.7. The number of carbonyl (C=O) groups excluding carboxylic acids is 1. The molecule has 0 saturated carbocycles. The average Bonchev–Trinajstić information content (AvgIpc) is 2.92. The van der Waals surface area contributed by atoms with E-state index in [1.54, 1.807) is 6.07 Å². The van der Waals surface area contributed by atoms with Gasteiger partial charge in [0, 0.05) is 43.7 Å². The van der Waals surface area contributed by atoms with Crippen LogP contribution in [-0.2, 0) is 4.79 Å². The van der Waals surface area contributed by atoms with Crippen LogP contribution in [0.15, 0.2) is 48.5 Å². The monoisotopic (exact) mass is 538 g/mol. The number of hydrogen-bond donors (Lipinski definition) is 2. The van der Waals surface area contributed by atoms with Crippen LogP contribution >= 0.6 is 11.6 Å². The summed E-state index contributed by atoms with van der Waals surface area (Å²) in [5.41, 5.74) is 5.48. The first-order valence-corrected chi connectivity index (χ1v) is 12.9. The molecule has 0 bridgehead atoms. The van der Waals surface area contributed by atoms with Crippen LogP contribution in [-0.4, -0.2) is 74.7 Å². The number of nitrogens with two attached hydrogens (primary N) is 1. The number of anilines is 1. The highest BCUT2D eigenvalue weighted by Crippen LogP contribution is 2.41. The number of benzene rings is 3. The summed E-state index contributed by atoms with van der Waals surface area (Å²) in [6.45, 7) is 4.51. The summed E-state index contributed by atoms with van der Waals surface area (Å²) >= 11 is 6.76. The van der Waals surface area contributed by atoms with Crippen molar-refractivity contribution in [2.45, 2.75) is 6.42 Å². The minimum absolute atomic E-state index is 0.190. The van der Waals surface area contributed by atoms with E-state index < -0.39 is 5.82 Å². The average molecular weight is 539 g/mol. The smallest absolute Gasteiger partial charge is 0.319 e. The van der Waals surface area contributed by atoms with Crippen LogP contribution in [0.3, 0.4) is 0 Å². The van der Waals surface area contributed by atoms with E-state index in [9.17, 15) is 0 Å². The molecule has 0 radical (unpaired) electrons. The van der Waals surface area contributed by atoms with Crippen LogP contribution < -0.4 is 20.7 Å². The minimum Gasteiger partial charge on any atom is -0.463 e. The molecule has 0 unspecified atom stereocenters. The van der Waals surface area contributed by atoms with E-state index in [1.165, 1.54) is 0 Å². The molecule has 0 atom stereocenters. The lowest BCUT2D eigenvalue weighted by Gasteiger charge is -2.29. The number of primary amides is 1. The van der Waals surface area contributed by atoms with Gasteiger partial charge in [0.1, 0.15) is 11.3 Å². The Morgan fingerprint density at radius 3 is 2.58 bits per heavy atom. The van der Waals surface area contributed by atoms with Crippen molar-refractivity contribution in [3.05, 3.63) is 59.4 Å². The number of ether oxygens (including phenoxy) is 1. The molecule has 2 heterocycles. The molecule has 1 aromatic heterocycles. The standard InChI is InChI=1S/C27H29ClFN5O.CH3NO/c1-33(2)13-6-16-35-27-31-25-21(26(32-27)34-14-11-30-12-15-34)17-22(28)23(24(25)29)20-10-5-8-18-7-3-4-9-19(18)20;2-1-3/h3-5,7-10,17,30H,6,11-16H2,1-2H3;1H,(H2,2,3).